The fourth-order valence-electron chi connectivity index (χ4n) is 5.27. The van der Waals surface area contributed by atoms with Crippen molar-refractivity contribution < 1.29 is 23.5 Å². The number of methoxy groups -OCH3 is 1. The minimum Gasteiger partial charge on any atom is -0.496 e. The maximum Gasteiger partial charge on any atom is 0.272 e. The third-order valence-electron chi connectivity index (χ3n) is 7.92. The number of ether oxygens (including phenoxy) is 1. The number of aryl methyl sites for hydroxylation is 1. The Labute approximate surface area is 300 Å². The highest BCUT2D eigenvalue weighted by atomic mass is 32.2. The number of benzene rings is 5. The Hall–Kier alpha value is -6.32. The topological polar surface area (TPSA) is 110 Å². The molecule has 3 amide bonds. The van der Waals surface area contributed by atoms with Crippen molar-refractivity contribution in [2.45, 2.75) is 17.1 Å². The molecule has 0 saturated heterocycles. The van der Waals surface area contributed by atoms with Crippen molar-refractivity contribution in [2.75, 3.05) is 17.7 Å². The van der Waals surface area contributed by atoms with Gasteiger partial charge in [0.2, 0.25) is 5.91 Å². The fourth-order valence-corrected chi connectivity index (χ4v) is 6.30. The molecule has 0 radical (unpaired) electrons. The van der Waals surface area contributed by atoms with Crippen LogP contribution >= 0.6 is 11.8 Å². The van der Waals surface area contributed by atoms with Crippen LogP contribution in [-0.4, -0.2) is 24.8 Å². The van der Waals surface area contributed by atoms with Gasteiger partial charge in [-0.1, -0.05) is 78.9 Å². The molecule has 0 aliphatic heterocycles. The second-order valence-electron chi connectivity index (χ2n) is 11.5. The standard InChI is InChI=1S/C42H35N3O5S/c1-28-13-9-11-19-35(28)44-42(48)39(29-14-5-3-6-15-29)51-33-24-21-31(22-25-33)43-41(47)36(45-40(46)30-16-7-4-8-17-30)27-32-23-26-38(50-32)34-18-10-12-20-37(34)49-2/h3-27,39H,1-2H3,(H,43,47)(H,44,48)(H,45,46)/b36-27+/t39-/m0/s1. The van der Waals surface area contributed by atoms with Gasteiger partial charge in [0.15, 0.2) is 0 Å². The summed E-state index contributed by atoms with van der Waals surface area (Å²) >= 11 is 1.41. The molecule has 0 bridgehead atoms. The second-order valence-corrected chi connectivity index (χ2v) is 12.7. The summed E-state index contributed by atoms with van der Waals surface area (Å²) < 4.78 is 11.5. The van der Waals surface area contributed by atoms with E-state index in [-0.39, 0.29) is 11.6 Å². The van der Waals surface area contributed by atoms with Crippen molar-refractivity contribution >= 4 is 46.9 Å². The van der Waals surface area contributed by atoms with E-state index in [1.807, 2.05) is 104 Å². The zero-order valence-corrected chi connectivity index (χ0v) is 28.8. The third-order valence-corrected chi connectivity index (χ3v) is 9.19. The van der Waals surface area contributed by atoms with E-state index in [0.29, 0.717) is 28.5 Å². The van der Waals surface area contributed by atoms with Crippen molar-refractivity contribution in [2.24, 2.45) is 0 Å². The number of hydrogen-bond acceptors (Lipinski definition) is 6. The van der Waals surface area contributed by atoms with Crippen LogP contribution in [-0.2, 0) is 9.59 Å². The number of thioether (sulfide) groups is 1. The minimum atomic E-state index is -0.547. The monoisotopic (exact) mass is 693 g/mol. The van der Waals surface area contributed by atoms with Gasteiger partial charge >= 0.3 is 0 Å². The average molecular weight is 694 g/mol. The van der Waals surface area contributed by atoms with E-state index < -0.39 is 17.1 Å². The summed E-state index contributed by atoms with van der Waals surface area (Å²) in [4.78, 5) is 41.2. The van der Waals surface area contributed by atoms with Crippen LogP contribution in [0.25, 0.3) is 17.4 Å². The van der Waals surface area contributed by atoms with Crippen molar-refractivity contribution in [3.8, 4) is 17.1 Å². The van der Waals surface area contributed by atoms with E-state index in [2.05, 4.69) is 16.0 Å². The highest BCUT2D eigenvalue weighted by Gasteiger charge is 2.23. The van der Waals surface area contributed by atoms with Crippen molar-refractivity contribution in [1.82, 2.24) is 5.32 Å². The smallest absolute Gasteiger partial charge is 0.272 e. The summed E-state index contributed by atoms with van der Waals surface area (Å²) in [7, 11) is 1.58. The molecule has 8 nitrogen and oxygen atoms in total. The van der Waals surface area contributed by atoms with Crippen LogP contribution in [0.3, 0.4) is 0 Å². The predicted molar refractivity (Wildman–Crippen MR) is 203 cm³/mol. The molecule has 0 aliphatic carbocycles. The lowest BCUT2D eigenvalue weighted by Gasteiger charge is -2.18. The molecule has 0 fully saturated rings. The van der Waals surface area contributed by atoms with Gasteiger partial charge in [0, 0.05) is 27.9 Å². The van der Waals surface area contributed by atoms with Crippen LogP contribution in [0, 0.1) is 6.92 Å². The lowest BCUT2D eigenvalue weighted by Crippen LogP contribution is -2.30. The number of rotatable bonds is 12. The molecule has 3 N–H and O–H groups in total. The second kappa shape index (κ2) is 16.4. The largest absolute Gasteiger partial charge is 0.496 e. The molecular formula is C42H35N3O5S. The Balaban J connectivity index is 1.21. The molecule has 1 aromatic heterocycles. The molecule has 51 heavy (non-hydrogen) atoms. The molecule has 0 spiro atoms. The van der Waals surface area contributed by atoms with E-state index in [0.717, 1.165) is 27.3 Å². The van der Waals surface area contributed by atoms with Gasteiger partial charge in [-0.25, -0.2) is 0 Å². The summed E-state index contributed by atoms with van der Waals surface area (Å²) in [6, 6.07) is 44.0. The molecular weight excluding hydrogens is 659 g/mol. The van der Waals surface area contributed by atoms with Gasteiger partial charge in [0.05, 0.1) is 12.7 Å². The Morgan fingerprint density at radius 1 is 0.725 bits per heavy atom. The number of nitrogens with one attached hydrogen (secondary N) is 3. The first-order chi connectivity index (χ1) is 24.9. The molecule has 5 aromatic carbocycles. The van der Waals surface area contributed by atoms with Crippen LogP contribution in [0.5, 0.6) is 5.75 Å². The van der Waals surface area contributed by atoms with Crippen molar-refractivity contribution in [1.29, 1.82) is 0 Å². The number of hydrogen-bond donors (Lipinski definition) is 3. The van der Waals surface area contributed by atoms with Crippen LogP contribution in [0.4, 0.5) is 11.4 Å². The van der Waals surface area contributed by atoms with E-state index >= 15 is 0 Å². The van der Waals surface area contributed by atoms with Gasteiger partial charge in [-0.2, -0.15) is 0 Å². The van der Waals surface area contributed by atoms with Gasteiger partial charge in [0.25, 0.3) is 11.8 Å². The third kappa shape index (κ3) is 8.83. The van der Waals surface area contributed by atoms with Crippen molar-refractivity contribution in [3.63, 3.8) is 0 Å². The number of amides is 3. The quantitative estimate of drug-likeness (QED) is 0.0872. The van der Waals surface area contributed by atoms with E-state index in [1.165, 1.54) is 17.8 Å². The average Bonchev–Trinajstić information content (AvgIpc) is 3.64. The molecule has 0 saturated carbocycles. The van der Waals surface area contributed by atoms with Gasteiger partial charge in [-0.3, -0.25) is 14.4 Å². The zero-order valence-electron chi connectivity index (χ0n) is 28.0. The molecule has 254 valence electrons. The van der Waals surface area contributed by atoms with Gasteiger partial charge < -0.3 is 25.1 Å². The lowest BCUT2D eigenvalue weighted by molar-refractivity contribution is -0.116. The Kier molecular flexibility index (Phi) is 11.1. The van der Waals surface area contributed by atoms with Crippen LogP contribution in [0.1, 0.15) is 32.5 Å². The zero-order chi connectivity index (χ0) is 35.6. The number of carbonyl (C=O) groups excluding carboxylic acids is 3. The summed E-state index contributed by atoms with van der Waals surface area (Å²) in [5.74, 6) is 0.403. The normalized spacial score (nSPS) is 11.7. The molecule has 9 heteroatoms. The van der Waals surface area contributed by atoms with Crippen LogP contribution in [0.15, 0.2) is 161 Å². The Morgan fingerprint density at radius 3 is 2.12 bits per heavy atom. The van der Waals surface area contributed by atoms with Gasteiger partial charge in [0.1, 0.15) is 28.2 Å². The van der Waals surface area contributed by atoms with Crippen LogP contribution < -0.4 is 20.7 Å². The number of para-hydroxylation sites is 2. The predicted octanol–water partition coefficient (Wildman–Crippen LogP) is 9.15. The molecule has 1 heterocycles. The first kappa shape index (κ1) is 34.5. The van der Waals surface area contributed by atoms with Gasteiger partial charge in [-0.15, -0.1) is 11.8 Å². The van der Waals surface area contributed by atoms with Crippen molar-refractivity contribution in [3.05, 3.63) is 174 Å². The molecule has 0 aliphatic rings. The SMILES string of the molecule is COc1ccccc1-c1ccc(/C=C(/NC(=O)c2ccccc2)C(=O)Nc2ccc(S[C@H](C(=O)Nc3ccccc3C)c3ccccc3)cc2)o1. The van der Waals surface area contributed by atoms with E-state index in [1.54, 1.807) is 55.6 Å². The highest BCUT2D eigenvalue weighted by Crippen LogP contribution is 2.37. The first-order valence-electron chi connectivity index (χ1n) is 16.2. The molecule has 0 unspecified atom stereocenters. The van der Waals surface area contributed by atoms with Gasteiger partial charge in [-0.05, 0) is 84.8 Å². The molecule has 1 atom stereocenters. The summed E-state index contributed by atoms with van der Waals surface area (Å²) in [5, 5.41) is 8.17. The fraction of sp³-hybridized carbons (Fsp3) is 0.0714. The number of anilines is 2. The Bertz CT molecular complexity index is 2160. The summed E-state index contributed by atoms with van der Waals surface area (Å²) in [5.41, 5.74) is 4.22. The maximum absolute atomic E-state index is 13.7. The maximum atomic E-state index is 13.7. The minimum absolute atomic E-state index is 0.0137. The highest BCUT2D eigenvalue weighted by molar-refractivity contribution is 8.00. The number of furan rings is 1. The van der Waals surface area contributed by atoms with E-state index in [9.17, 15) is 14.4 Å². The van der Waals surface area contributed by atoms with Crippen LogP contribution in [0.2, 0.25) is 0 Å². The lowest BCUT2D eigenvalue weighted by atomic mass is 10.1. The first-order valence-corrected chi connectivity index (χ1v) is 17.1. The Morgan fingerprint density at radius 2 is 1.39 bits per heavy atom. The summed E-state index contributed by atoms with van der Waals surface area (Å²) in [6.45, 7) is 1.95. The number of carbonyl (C=O) groups is 3. The van der Waals surface area contributed by atoms with E-state index in [4.69, 9.17) is 9.15 Å². The molecule has 6 rings (SSSR count). The summed E-state index contributed by atoms with van der Waals surface area (Å²) in [6.07, 6.45) is 1.48. The molecule has 6 aromatic rings.